The molecule has 0 saturated carbocycles. The molecule has 136 valence electrons. The predicted molar refractivity (Wildman–Crippen MR) is 99.8 cm³/mol. The number of sulfonamides is 1. The number of rotatable bonds is 8. The van der Waals surface area contributed by atoms with Crippen LogP contribution in [-0.4, -0.2) is 20.1 Å². The quantitative estimate of drug-likeness (QED) is 0.535. The molecule has 0 aliphatic heterocycles. The van der Waals surface area contributed by atoms with E-state index in [1.165, 1.54) is 18.2 Å². The number of phenolic OH excluding ortho intramolecular Hbond substituents is 1. The lowest BCUT2D eigenvalue weighted by molar-refractivity contribution is 0.305. The number of unbranched alkanes of at least 4 members (excludes halogenated alkanes) is 1. The maximum atomic E-state index is 12.6. The van der Waals surface area contributed by atoms with E-state index in [1.807, 2.05) is 13.8 Å². The number of nitrogens with one attached hydrogen (secondary N) is 1. The highest BCUT2D eigenvalue weighted by Gasteiger charge is 2.19. The SMILES string of the molecule is CCCCOc1ccc(S(=O)(=O)Nc2ccccc2O)cc1C(C)C. The third-order valence-corrected chi connectivity index (χ3v) is 5.18. The molecule has 2 N–H and O–H groups in total. The Hall–Kier alpha value is -2.21. The molecule has 2 rings (SSSR count). The monoisotopic (exact) mass is 363 g/mol. The predicted octanol–water partition coefficient (Wildman–Crippen LogP) is 4.50. The highest BCUT2D eigenvalue weighted by molar-refractivity contribution is 7.92. The van der Waals surface area contributed by atoms with Gasteiger partial charge in [-0.3, -0.25) is 4.72 Å². The van der Waals surface area contributed by atoms with Gasteiger partial charge in [-0.05, 0) is 48.2 Å². The lowest BCUT2D eigenvalue weighted by Gasteiger charge is -2.16. The van der Waals surface area contributed by atoms with Crippen LogP contribution in [0.15, 0.2) is 47.4 Å². The van der Waals surface area contributed by atoms with Gasteiger partial charge in [0.2, 0.25) is 0 Å². The van der Waals surface area contributed by atoms with Crippen molar-refractivity contribution in [1.29, 1.82) is 0 Å². The minimum Gasteiger partial charge on any atom is -0.506 e. The van der Waals surface area contributed by atoms with Crippen LogP contribution in [0.3, 0.4) is 0 Å². The number of para-hydroxylation sites is 2. The van der Waals surface area contributed by atoms with E-state index in [0.29, 0.717) is 12.4 Å². The van der Waals surface area contributed by atoms with Crippen molar-refractivity contribution in [3.63, 3.8) is 0 Å². The van der Waals surface area contributed by atoms with Crippen LogP contribution in [0.25, 0.3) is 0 Å². The van der Waals surface area contributed by atoms with Gasteiger partial charge < -0.3 is 9.84 Å². The van der Waals surface area contributed by atoms with Crippen molar-refractivity contribution in [2.75, 3.05) is 11.3 Å². The Morgan fingerprint density at radius 1 is 1.16 bits per heavy atom. The molecule has 0 spiro atoms. The Labute approximate surface area is 149 Å². The van der Waals surface area contributed by atoms with Crippen molar-refractivity contribution in [3.8, 4) is 11.5 Å². The van der Waals surface area contributed by atoms with Crippen molar-refractivity contribution >= 4 is 15.7 Å². The zero-order chi connectivity index (χ0) is 18.4. The normalized spacial score (nSPS) is 11.5. The highest BCUT2D eigenvalue weighted by atomic mass is 32.2. The summed E-state index contributed by atoms with van der Waals surface area (Å²) in [6.07, 6.45) is 1.99. The Morgan fingerprint density at radius 2 is 1.88 bits per heavy atom. The second kappa shape index (κ2) is 8.25. The van der Waals surface area contributed by atoms with Gasteiger partial charge in [0.1, 0.15) is 11.5 Å². The molecule has 5 nitrogen and oxygen atoms in total. The molecule has 0 amide bonds. The molecule has 25 heavy (non-hydrogen) atoms. The van der Waals surface area contributed by atoms with Crippen molar-refractivity contribution in [3.05, 3.63) is 48.0 Å². The fourth-order valence-electron chi connectivity index (χ4n) is 2.37. The fraction of sp³-hybridized carbons (Fsp3) is 0.368. The molecule has 0 aliphatic rings. The molecule has 0 atom stereocenters. The van der Waals surface area contributed by atoms with E-state index < -0.39 is 10.0 Å². The van der Waals surface area contributed by atoms with E-state index in [9.17, 15) is 13.5 Å². The van der Waals surface area contributed by atoms with E-state index in [4.69, 9.17) is 4.74 Å². The molecule has 0 saturated heterocycles. The number of benzene rings is 2. The molecular formula is C19H25NO4S. The van der Waals surface area contributed by atoms with E-state index in [0.717, 1.165) is 18.4 Å². The Balaban J connectivity index is 2.31. The van der Waals surface area contributed by atoms with Crippen LogP contribution in [0, 0.1) is 0 Å². The fourth-order valence-corrected chi connectivity index (χ4v) is 3.48. The zero-order valence-corrected chi connectivity index (χ0v) is 15.6. The molecule has 0 aromatic heterocycles. The van der Waals surface area contributed by atoms with E-state index in [1.54, 1.807) is 24.3 Å². The van der Waals surface area contributed by atoms with Gasteiger partial charge in [-0.25, -0.2) is 8.42 Å². The topological polar surface area (TPSA) is 75.6 Å². The molecule has 0 radical (unpaired) electrons. The maximum absolute atomic E-state index is 12.6. The lowest BCUT2D eigenvalue weighted by Crippen LogP contribution is -2.14. The van der Waals surface area contributed by atoms with Gasteiger partial charge in [-0.2, -0.15) is 0 Å². The van der Waals surface area contributed by atoms with Gasteiger partial charge in [0.05, 0.1) is 17.2 Å². The number of ether oxygens (including phenoxy) is 1. The van der Waals surface area contributed by atoms with Crippen LogP contribution in [0.1, 0.15) is 45.1 Å². The van der Waals surface area contributed by atoms with E-state index in [-0.39, 0.29) is 22.3 Å². The number of hydrogen-bond donors (Lipinski definition) is 2. The molecule has 0 bridgehead atoms. The van der Waals surface area contributed by atoms with Gasteiger partial charge in [0.15, 0.2) is 0 Å². The Bertz CT molecular complexity index is 816. The number of hydrogen-bond acceptors (Lipinski definition) is 4. The second-order valence-electron chi connectivity index (χ2n) is 6.18. The first-order valence-corrected chi connectivity index (χ1v) is 9.91. The maximum Gasteiger partial charge on any atom is 0.262 e. The summed E-state index contributed by atoms with van der Waals surface area (Å²) in [5, 5.41) is 9.78. The molecule has 6 heteroatoms. The molecule has 0 aliphatic carbocycles. The first-order valence-electron chi connectivity index (χ1n) is 8.42. The number of phenols is 1. The Morgan fingerprint density at radius 3 is 2.52 bits per heavy atom. The van der Waals surface area contributed by atoms with Crippen LogP contribution in [0.4, 0.5) is 5.69 Å². The first-order chi connectivity index (χ1) is 11.8. The second-order valence-corrected chi connectivity index (χ2v) is 7.86. The van der Waals surface area contributed by atoms with Crippen LogP contribution in [0.2, 0.25) is 0 Å². The number of anilines is 1. The summed E-state index contributed by atoms with van der Waals surface area (Å²) in [6, 6.07) is 11.1. The molecule has 2 aromatic carbocycles. The molecule has 0 heterocycles. The molecular weight excluding hydrogens is 338 g/mol. The third kappa shape index (κ3) is 4.89. The third-order valence-electron chi connectivity index (χ3n) is 3.82. The summed E-state index contributed by atoms with van der Waals surface area (Å²) in [5.74, 6) is 0.719. The standard InChI is InChI=1S/C19H25NO4S/c1-4-5-12-24-19-11-10-15(13-16(19)14(2)3)25(22,23)20-17-8-6-7-9-18(17)21/h6-11,13-14,20-21H,4-5,12H2,1-3H3. The summed E-state index contributed by atoms with van der Waals surface area (Å²) < 4.78 is 33.5. The molecule has 0 fully saturated rings. The minimum atomic E-state index is -3.80. The summed E-state index contributed by atoms with van der Waals surface area (Å²) >= 11 is 0. The van der Waals surface area contributed by atoms with Gasteiger partial charge in [0.25, 0.3) is 10.0 Å². The van der Waals surface area contributed by atoms with Crippen molar-refractivity contribution in [2.24, 2.45) is 0 Å². The summed E-state index contributed by atoms with van der Waals surface area (Å²) in [5.41, 5.74) is 0.994. The van der Waals surface area contributed by atoms with E-state index >= 15 is 0 Å². The van der Waals surface area contributed by atoms with Crippen LogP contribution in [0.5, 0.6) is 11.5 Å². The minimum absolute atomic E-state index is 0.116. The van der Waals surface area contributed by atoms with Crippen LogP contribution < -0.4 is 9.46 Å². The lowest BCUT2D eigenvalue weighted by atomic mass is 10.0. The van der Waals surface area contributed by atoms with E-state index in [2.05, 4.69) is 11.6 Å². The highest BCUT2D eigenvalue weighted by Crippen LogP contribution is 2.31. The van der Waals surface area contributed by atoms with Crippen molar-refractivity contribution in [2.45, 2.75) is 44.4 Å². The molecule has 2 aromatic rings. The smallest absolute Gasteiger partial charge is 0.262 e. The first kappa shape index (κ1) is 19.1. The average molecular weight is 363 g/mol. The Kier molecular flexibility index (Phi) is 6.31. The average Bonchev–Trinajstić information content (AvgIpc) is 2.57. The zero-order valence-electron chi connectivity index (χ0n) is 14.8. The summed E-state index contributed by atoms with van der Waals surface area (Å²) in [6.45, 7) is 6.69. The van der Waals surface area contributed by atoms with Crippen LogP contribution >= 0.6 is 0 Å². The van der Waals surface area contributed by atoms with Gasteiger partial charge in [-0.1, -0.05) is 39.3 Å². The largest absolute Gasteiger partial charge is 0.506 e. The summed E-state index contributed by atoms with van der Waals surface area (Å²) in [7, 11) is -3.80. The van der Waals surface area contributed by atoms with Gasteiger partial charge >= 0.3 is 0 Å². The summed E-state index contributed by atoms with van der Waals surface area (Å²) in [4.78, 5) is 0.141. The van der Waals surface area contributed by atoms with Crippen LogP contribution in [-0.2, 0) is 10.0 Å². The number of aromatic hydroxyl groups is 1. The molecule has 0 unspecified atom stereocenters. The van der Waals surface area contributed by atoms with Crippen molar-refractivity contribution < 1.29 is 18.3 Å². The van der Waals surface area contributed by atoms with Crippen molar-refractivity contribution in [1.82, 2.24) is 0 Å². The van der Waals surface area contributed by atoms with Gasteiger partial charge in [0, 0.05) is 0 Å². The van der Waals surface area contributed by atoms with Gasteiger partial charge in [-0.15, -0.1) is 0 Å².